The Morgan fingerprint density at radius 3 is 2.58 bits per heavy atom. The zero-order chi connectivity index (χ0) is 16.9. The summed E-state index contributed by atoms with van der Waals surface area (Å²) in [4.78, 5) is 21.5. The van der Waals surface area contributed by atoms with Gasteiger partial charge in [-0.3, -0.25) is 4.79 Å². The number of carbonyl (C=O) groups excluding carboxylic acids is 1. The van der Waals surface area contributed by atoms with E-state index >= 15 is 0 Å². The van der Waals surface area contributed by atoms with Gasteiger partial charge in [-0.1, -0.05) is 12.8 Å². The number of piperidine rings is 1. The van der Waals surface area contributed by atoms with Crippen molar-refractivity contribution in [2.75, 3.05) is 33.7 Å². The van der Waals surface area contributed by atoms with Crippen molar-refractivity contribution in [2.24, 2.45) is 5.92 Å². The standard InChI is InChI=1S/C19H32N4O/c1-21(2)11-5-12-22-15-10-20-18(22)16-8-13-23(14-9-16)19(24)17-6-3-4-7-17/h10,15-17H,3-9,11-14H2,1-2H3. The minimum atomic E-state index is 0.314. The topological polar surface area (TPSA) is 41.4 Å². The number of amides is 1. The van der Waals surface area contributed by atoms with Gasteiger partial charge < -0.3 is 14.4 Å². The molecule has 2 aliphatic rings. The molecule has 24 heavy (non-hydrogen) atoms. The molecule has 1 aliphatic heterocycles. The number of hydrogen-bond donors (Lipinski definition) is 0. The van der Waals surface area contributed by atoms with Crippen LogP contribution in [0.4, 0.5) is 0 Å². The number of carbonyl (C=O) groups is 1. The number of aromatic nitrogens is 2. The van der Waals surface area contributed by atoms with E-state index in [9.17, 15) is 4.79 Å². The van der Waals surface area contributed by atoms with Gasteiger partial charge in [-0.05, 0) is 52.7 Å². The molecular weight excluding hydrogens is 300 g/mol. The Morgan fingerprint density at radius 2 is 1.92 bits per heavy atom. The smallest absolute Gasteiger partial charge is 0.225 e. The number of aryl methyl sites for hydroxylation is 1. The van der Waals surface area contributed by atoms with Gasteiger partial charge in [-0.15, -0.1) is 0 Å². The van der Waals surface area contributed by atoms with Gasteiger partial charge in [0, 0.05) is 43.9 Å². The van der Waals surface area contributed by atoms with Gasteiger partial charge in [0.2, 0.25) is 5.91 Å². The summed E-state index contributed by atoms with van der Waals surface area (Å²) in [5, 5.41) is 0. The third-order valence-electron chi connectivity index (χ3n) is 5.63. The Labute approximate surface area is 146 Å². The van der Waals surface area contributed by atoms with Gasteiger partial charge in [-0.2, -0.15) is 0 Å². The molecule has 0 unspecified atom stereocenters. The van der Waals surface area contributed by atoms with Crippen LogP contribution in [0.3, 0.4) is 0 Å². The third kappa shape index (κ3) is 4.18. The molecule has 1 aromatic heterocycles. The average Bonchev–Trinajstić information content (AvgIpc) is 3.26. The second kappa shape index (κ2) is 8.15. The molecule has 1 aromatic rings. The Balaban J connectivity index is 1.51. The quantitative estimate of drug-likeness (QED) is 0.804. The molecule has 1 aliphatic carbocycles. The molecule has 2 fully saturated rings. The maximum Gasteiger partial charge on any atom is 0.225 e. The van der Waals surface area contributed by atoms with Gasteiger partial charge in [-0.25, -0.2) is 4.98 Å². The Kier molecular flexibility index (Phi) is 5.93. The normalized spacial score (nSPS) is 20.2. The van der Waals surface area contributed by atoms with Crippen LogP contribution in [0.15, 0.2) is 12.4 Å². The van der Waals surface area contributed by atoms with Gasteiger partial charge in [0.25, 0.3) is 0 Å². The van der Waals surface area contributed by atoms with E-state index in [2.05, 4.69) is 39.6 Å². The number of likely N-dealkylation sites (tertiary alicyclic amines) is 1. The van der Waals surface area contributed by atoms with E-state index in [-0.39, 0.29) is 0 Å². The minimum absolute atomic E-state index is 0.314. The molecule has 0 spiro atoms. The molecule has 3 rings (SSSR count). The van der Waals surface area contributed by atoms with E-state index in [1.54, 1.807) is 0 Å². The van der Waals surface area contributed by atoms with E-state index in [0.717, 1.165) is 58.3 Å². The lowest BCUT2D eigenvalue weighted by molar-refractivity contribution is -0.136. The highest BCUT2D eigenvalue weighted by molar-refractivity contribution is 5.79. The molecule has 0 aromatic carbocycles. The first-order valence-corrected chi connectivity index (χ1v) is 9.59. The second-order valence-corrected chi connectivity index (χ2v) is 7.72. The summed E-state index contributed by atoms with van der Waals surface area (Å²) in [5.41, 5.74) is 0. The molecule has 0 bridgehead atoms. The van der Waals surface area contributed by atoms with Crippen LogP contribution in [0.2, 0.25) is 0 Å². The van der Waals surface area contributed by atoms with Crippen molar-refractivity contribution in [2.45, 2.75) is 57.4 Å². The Morgan fingerprint density at radius 1 is 1.21 bits per heavy atom. The van der Waals surface area contributed by atoms with Crippen LogP contribution in [-0.4, -0.2) is 59.0 Å². The summed E-state index contributed by atoms with van der Waals surface area (Å²) in [6.07, 6.45) is 12.0. The lowest BCUT2D eigenvalue weighted by atomic mass is 9.94. The van der Waals surface area contributed by atoms with Crippen molar-refractivity contribution in [3.8, 4) is 0 Å². The molecule has 2 heterocycles. The zero-order valence-electron chi connectivity index (χ0n) is 15.3. The highest BCUT2D eigenvalue weighted by Crippen LogP contribution is 2.31. The monoisotopic (exact) mass is 332 g/mol. The molecule has 5 nitrogen and oxygen atoms in total. The highest BCUT2D eigenvalue weighted by atomic mass is 16.2. The van der Waals surface area contributed by atoms with Crippen molar-refractivity contribution in [1.29, 1.82) is 0 Å². The van der Waals surface area contributed by atoms with E-state index in [0.29, 0.717) is 17.7 Å². The first kappa shape index (κ1) is 17.5. The van der Waals surface area contributed by atoms with Crippen LogP contribution in [0.5, 0.6) is 0 Å². The first-order valence-electron chi connectivity index (χ1n) is 9.59. The summed E-state index contributed by atoms with van der Waals surface area (Å²) in [6, 6.07) is 0. The molecule has 1 saturated heterocycles. The molecule has 0 radical (unpaired) electrons. The van der Waals surface area contributed by atoms with Crippen molar-refractivity contribution >= 4 is 5.91 Å². The van der Waals surface area contributed by atoms with Crippen molar-refractivity contribution in [3.05, 3.63) is 18.2 Å². The molecule has 0 atom stereocenters. The van der Waals surface area contributed by atoms with E-state index in [1.807, 2.05) is 6.20 Å². The number of hydrogen-bond acceptors (Lipinski definition) is 3. The first-order chi connectivity index (χ1) is 11.6. The fourth-order valence-corrected chi connectivity index (χ4v) is 4.22. The molecule has 1 amide bonds. The van der Waals surface area contributed by atoms with Gasteiger partial charge in [0.05, 0.1) is 0 Å². The van der Waals surface area contributed by atoms with Gasteiger partial charge in [0.15, 0.2) is 0 Å². The number of imidazole rings is 1. The molecule has 134 valence electrons. The summed E-state index contributed by atoms with van der Waals surface area (Å²) in [5.74, 6) is 2.46. The predicted octanol–water partition coefficient (Wildman–Crippen LogP) is 2.73. The van der Waals surface area contributed by atoms with E-state index in [4.69, 9.17) is 0 Å². The number of rotatable bonds is 6. The summed E-state index contributed by atoms with van der Waals surface area (Å²) in [6.45, 7) is 3.95. The molecule has 1 saturated carbocycles. The maximum absolute atomic E-state index is 12.6. The average molecular weight is 332 g/mol. The summed E-state index contributed by atoms with van der Waals surface area (Å²) < 4.78 is 2.32. The van der Waals surface area contributed by atoms with Gasteiger partial charge >= 0.3 is 0 Å². The van der Waals surface area contributed by atoms with Crippen LogP contribution >= 0.6 is 0 Å². The summed E-state index contributed by atoms with van der Waals surface area (Å²) in [7, 11) is 4.23. The summed E-state index contributed by atoms with van der Waals surface area (Å²) >= 11 is 0. The Bertz CT molecular complexity index is 525. The zero-order valence-corrected chi connectivity index (χ0v) is 15.3. The lowest BCUT2D eigenvalue weighted by Crippen LogP contribution is -2.41. The highest BCUT2D eigenvalue weighted by Gasteiger charge is 2.31. The number of nitrogens with zero attached hydrogens (tertiary/aromatic N) is 4. The Hall–Kier alpha value is -1.36. The fourth-order valence-electron chi connectivity index (χ4n) is 4.22. The SMILES string of the molecule is CN(C)CCCn1ccnc1C1CCN(C(=O)C2CCCC2)CC1. The maximum atomic E-state index is 12.6. The molecule has 0 N–H and O–H groups in total. The van der Waals surface area contributed by atoms with Crippen molar-refractivity contribution in [3.63, 3.8) is 0 Å². The van der Waals surface area contributed by atoms with Crippen molar-refractivity contribution in [1.82, 2.24) is 19.4 Å². The predicted molar refractivity (Wildman–Crippen MR) is 95.9 cm³/mol. The van der Waals surface area contributed by atoms with Crippen LogP contribution in [0.1, 0.15) is 56.7 Å². The van der Waals surface area contributed by atoms with Crippen LogP contribution in [0, 0.1) is 5.92 Å². The molecule has 5 heteroatoms. The lowest BCUT2D eigenvalue weighted by Gasteiger charge is -2.33. The van der Waals surface area contributed by atoms with E-state index in [1.165, 1.54) is 18.7 Å². The van der Waals surface area contributed by atoms with Gasteiger partial charge in [0.1, 0.15) is 5.82 Å². The van der Waals surface area contributed by atoms with Crippen molar-refractivity contribution < 1.29 is 4.79 Å². The fraction of sp³-hybridized carbons (Fsp3) is 0.789. The largest absolute Gasteiger partial charge is 0.342 e. The second-order valence-electron chi connectivity index (χ2n) is 7.72. The van der Waals surface area contributed by atoms with E-state index < -0.39 is 0 Å². The van der Waals surface area contributed by atoms with Crippen LogP contribution in [0.25, 0.3) is 0 Å². The molecular formula is C19H32N4O. The third-order valence-corrected chi connectivity index (χ3v) is 5.63. The minimum Gasteiger partial charge on any atom is -0.342 e. The van der Waals surface area contributed by atoms with Crippen LogP contribution < -0.4 is 0 Å². The van der Waals surface area contributed by atoms with Crippen LogP contribution in [-0.2, 0) is 11.3 Å².